The van der Waals surface area contributed by atoms with Crippen molar-refractivity contribution < 1.29 is 13.2 Å². The first-order valence-corrected chi connectivity index (χ1v) is 12.4. The van der Waals surface area contributed by atoms with Crippen molar-refractivity contribution in [3.63, 3.8) is 0 Å². The number of sulfonamides is 1. The molecule has 0 spiro atoms. The first-order valence-electron chi connectivity index (χ1n) is 10.9. The average Bonchev–Trinajstić information content (AvgIpc) is 3.02. The van der Waals surface area contributed by atoms with Gasteiger partial charge in [0, 0.05) is 18.3 Å². The van der Waals surface area contributed by atoms with E-state index in [-0.39, 0.29) is 21.7 Å². The number of carbonyl (C=O) groups is 1. The number of hydrogen-bond donors (Lipinski definition) is 2. The van der Waals surface area contributed by atoms with Gasteiger partial charge < -0.3 is 5.32 Å². The minimum Gasteiger partial charge on any atom is -0.316 e. The highest BCUT2D eigenvalue weighted by atomic mass is 32.2. The summed E-state index contributed by atoms with van der Waals surface area (Å²) in [7, 11) is -2.22. The lowest BCUT2D eigenvalue weighted by atomic mass is 10.1. The first kappa shape index (κ1) is 24.0. The lowest BCUT2D eigenvalue weighted by Gasteiger charge is -2.12. The SMILES string of the molecule is Cc1cccc(NS(=O)(=O)c2cc(C(=O)Nc3c(C)n(C)n(-c4ccccc4)c3=O)ccc2C)c1. The van der Waals surface area contributed by atoms with Crippen LogP contribution in [0.1, 0.15) is 27.2 Å². The Labute approximate surface area is 203 Å². The number of rotatable bonds is 6. The van der Waals surface area contributed by atoms with E-state index in [0.717, 1.165) is 5.56 Å². The summed E-state index contributed by atoms with van der Waals surface area (Å²) in [6, 6.07) is 20.5. The van der Waals surface area contributed by atoms with Crippen molar-refractivity contribution in [2.75, 3.05) is 10.0 Å². The van der Waals surface area contributed by atoms with Crippen molar-refractivity contribution in [1.82, 2.24) is 9.36 Å². The van der Waals surface area contributed by atoms with Crippen LogP contribution in [-0.2, 0) is 17.1 Å². The number of para-hydroxylation sites is 1. The molecule has 0 saturated heterocycles. The van der Waals surface area contributed by atoms with Gasteiger partial charge in [0.05, 0.1) is 16.3 Å². The van der Waals surface area contributed by atoms with E-state index in [0.29, 0.717) is 22.6 Å². The molecule has 1 heterocycles. The quantitative estimate of drug-likeness (QED) is 0.424. The number of aromatic nitrogens is 2. The highest BCUT2D eigenvalue weighted by Crippen LogP contribution is 2.22. The molecule has 1 amide bonds. The molecule has 0 radical (unpaired) electrons. The Morgan fingerprint density at radius 3 is 2.29 bits per heavy atom. The van der Waals surface area contributed by atoms with E-state index in [2.05, 4.69) is 10.0 Å². The Bertz CT molecular complexity index is 1590. The molecule has 35 heavy (non-hydrogen) atoms. The fraction of sp³-hybridized carbons (Fsp3) is 0.154. The molecular weight excluding hydrogens is 464 g/mol. The summed E-state index contributed by atoms with van der Waals surface area (Å²) in [5, 5.41) is 2.67. The van der Waals surface area contributed by atoms with Gasteiger partial charge in [-0.25, -0.2) is 13.1 Å². The molecule has 0 bridgehead atoms. The van der Waals surface area contributed by atoms with E-state index < -0.39 is 15.9 Å². The number of benzene rings is 3. The van der Waals surface area contributed by atoms with E-state index in [1.165, 1.54) is 16.8 Å². The summed E-state index contributed by atoms with van der Waals surface area (Å²) in [6.07, 6.45) is 0. The van der Waals surface area contributed by atoms with Gasteiger partial charge in [-0.1, -0.05) is 36.4 Å². The zero-order valence-electron chi connectivity index (χ0n) is 19.9. The van der Waals surface area contributed by atoms with Gasteiger partial charge in [0.25, 0.3) is 21.5 Å². The second-order valence-electron chi connectivity index (χ2n) is 8.35. The second-order valence-corrected chi connectivity index (χ2v) is 10.00. The van der Waals surface area contributed by atoms with Crippen molar-refractivity contribution in [1.29, 1.82) is 0 Å². The highest BCUT2D eigenvalue weighted by molar-refractivity contribution is 7.92. The number of hydrogen-bond acceptors (Lipinski definition) is 4. The van der Waals surface area contributed by atoms with Crippen LogP contribution in [0.25, 0.3) is 5.69 Å². The van der Waals surface area contributed by atoms with Crippen LogP contribution in [0.3, 0.4) is 0 Å². The van der Waals surface area contributed by atoms with Crippen molar-refractivity contribution in [3.8, 4) is 5.69 Å². The number of anilines is 2. The summed E-state index contributed by atoms with van der Waals surface area (Å²) in [6.45, 7) is 5.25. The van der Waals surface area contributed by atoms with Crippen LogP contribution in [0, 0.1) is 20.8 Å². The first-order chi connectivity index (χ1) is 16.6. The lowest BCUT2D eigenvalue weighted by molar-refractivity contribution is 0.102. The molecule has 8 nitrogen and oxygen atoms in total. The molecule has 0 fully saturated rings. The van der Waals surface area contributed by atoms with Crippen molar-refractivity contribution >= 4 is 27.3 Å². The molecule has 0 unspecified atom stereocenters. The van der Waals surface area contributed by atoms with Crippen molar-refractivity contribution in [2.24, 2.45) is 7.05 Å². The number of nitrogens with one attached hydrogen (secondary N) is 2. The molecule has 4 rings (SSSR count). The van der Waals surface area contributed by atoms with Crippen LogP contribution >= 0.6 is 0 Å². The third kappa shape index (κ3) is 4.76. The van der Waals surface area contributed by atoms with Crippen LogP contribution < -0.4 is 15.6 Å². The van der Waals surface area contributed by atoms with E-state index in [4.69, 9.17) is 0 Å². The molecule has 2 N–H and O–H groups in total. The number of aryl methyl sites for hydroxylation is 2. The molecule has 3 aromatic carbocycles. The van der Waals surface area contributed by atoms with Crippen LogP contribution in [0.4, 0.5) is 11.4 Å². The van der Waals surface area contributed by atoms with Gasteiger partial charge in [-0.2, -0.15) is 0 Å². The summed E-state index contributed by atoms with van der Waals surface area (Å²) >= 11 is 0. The number of carbonyl (C=O) groups excluding carboxylic acids is 1. The topological polar surface area (TPSA) is 102 Å². The van der Waals surface area contributed by atoms with Crippen LogP contribution in [0.15, 0.2) is 82.5 Å². The number of amides is 1. The second kappa shape index (κ2) is 9.27. The van der Waals surface area contributed by atoms with Gasteiger partial charge in [-0.15, -0.1) is 0 Å². The Hall–Kier alpha value is -4.11. The molecule has 4 aromatic rings. The third-order valence-electron chi connectivity index (χ3n) is 5.80. The molecule has 0 aliphatic carbocycles. The van der Waals surface area contributed by atoms with Crippen LogP contribution in [0.5, 0.6) is 0 Å². The fourth-order valence-corrected chi connectivity index (χ4v) is 5.17. The summed E-state index contributed by atoms with van der Waals surface area (Å²) in [5.41, 5.74) is 2.92. The van der Waals surface area contributed by atoms with E-state index in [1.54, 1.807) is 62.0 Å². The molecule has 0 aliphatic rings. The predicted molar refractivity (Wildman–Crippen MR) is 137 cm³/mol. The maximum absolute atomic E-state index is 13.1. The maximum atomic E-state index is 13.1. The average molecular weight is 491 g/mol. The van der Waals surface area contributed by atoms with Crippen LogP contribution in [-0.4, -0.2) is 23.7 Å². The van der Waals surface area contributed by atoms with Gasteiger partial charge in [0.15, 0.2) is 0 Å². The van der Waals surface area contributed by atoms with Crippen LogP contribution in [0.2, 0.25) is 0 Å². The van der Waals surface area contributed by atoms with Crippen molar-refractivity contribution in [3.05, 3.63) is 106 Å². The standard InChI is InChI=1S/C26H26N4O4S/c1-17-9-8-10-21(15-17)28-35(33,34)23-16-20(14-13-18(23)2)25(31)27-24-19(3)29(4)30(26(24)32)22-11-6-5-7-12-22/h5-16,28H,1-4H3,(H,27,31). The maximum Gasteiger partial charge on any atom is 0.295 e. The molecule has 0 saturated carbocycles. The van der Waals surface area contributed by atoms with E-state index >= 15 is 0 Å². The van der Waals surface area contributed by atoms with Gasteiger partial charge in [-0.05, 0) is 68.3 Å². The molecule has 0 aliphatic heterocycles. The predicted octanol–water partition coefficient (Wildman–Crippen LogP) is 4.15. The Balaban J connectivity index is 1.66. The monoisotopic (exact) mass is 490 g/mol. The molecule has 0 atom stereocenters. The third-order valence-corrected chi connectivity index (χ3v) is 7.33. The minimum absolute atomic E-state index is 0.0156. The Morgan fingerprint density at radius 1 is 0.886 bits per heavy atom. The molecule has 9 heteroatoms. The zero-order chi connectivity index (χ0) is 25.3. The fourth-order valence-electron chi connectivity index (χ4n) is 3.85. The lowest BCUT2D eigenvalue weighted by Crippen LogP contribution is -2.23. The van der Waals surface area contributed by atoms with Gasteiger partial charge in [-0.3, -0.25) is 19.0 Å². The largest absolute Gasteiger partial charge is 0.316 e. The summed E-state index contributed by atoms with van der Waals surface area (Å²) in [5.74, 6) is -0.581. The van der Waals surface area contributed by atoms with E-state index in [1.807, 2.05) is 31.2 Å². The Morgan fingerprint density at radius 2 is 1.60 bits per heavy atom. The molecule has 1 aromatic heterocycles. The summed E-state index contributed by atoms with van der Waals surface area (Å²) in [4.78, 5) is 26.2. The Kier molecular flexibility index (Phi) is 6.36. The zero-order valence-corrected chi connectivity index (χ0v) is 20.7. The van der Waals surface area contributed by atoms with Gasteiger partial charge in [0.2, 0.25) is 0 Å². The van der Waals surface area contributed by atoms with Crippen molar-refractivity contribution in [2.45, 2.75) is 25.7 Å². The van der Waals surface area contributed by atoms with E-state index in [9.17, 15) is 18.0 Å². The minimum atomic E-state index is -3.94. The molecular formula is C26H26N4O4S. The normalized spacial score (nSPS) is 11.3. The number of nitrogens with zero attached hydrogens (tertiary/aromatic N) is 2. The smallest absolute Gasteiger partial charge is 0.295 e. The van der Waals surface area contributed by atoms with Gasteiger partial charge >= 0.3 is 0 Å². The summed E-state index contributed by atoms with van der Waals surface area (Å²) < 4.78 is 31.8. The highest BCUT2D eigenvalue weighted by Gasteiger charge is 2.22. The van der Waals surface area contributed by atoms with Gasteiger partial charge in [0.1, 0.15) is 5.69 Å². The molecule has 180 valence electrons.